The van der Waals surface area contributed by atoms with Gasteiger partial charge in [0.1, 0.15) is 0 Å². The minimum Gasteiger partial charge on any atom is -0.490 e. The number of hydrogen-bond acceptors (Lipinski definition) is 3. The van der Waals surface area contributed by atoms with Gasteiger partial charge in [0, 0.05) is 15.7 Å². The van der Waals surface area contributed by atoms with Crippen LogP contribution in [0.25, 0.3) is 0 Å². The maximum atomic E-state index is 12.0. The molecule has 1 aromatic carbocycles. The fraction of sp³-hybridized carbons (Fsp3) is 0.250. The lowest BCUT2D eigenvalue weighted by Crippen LogP contribution is -2.13. The number of Topliss-reactive ketones (excluding diaryl/α,β-unsaturated/α-hetero) is 1. The first-order valence-electron chi connectivity index (χ1n) is 5.11. The molecule has 3 nitrogen and oxygen atoms in total. The minimum absolute atomic E-state index is 0.135. The monoisotopic (exact) mass is 281 g/mol. The van der Waals surface area contributed by atoms with Gasteiger partial charge in [0.2, 0.25) is 5.78 Å². The van der Waals surface area contributed by atoms with E-state index < -0.39 is 0 Å². The largest absolute Gasteiger partial charge is 0.490 e. The Bertz CT molecular complexity index is 454. The van der Waals surface area contributed by atoms with Gasteiger partial charge >= 0.3 is 0 Å². The molecule has 0 aliphatic carbocycles. The highest BCUT2D eigenvalue weighted by molar-refractivity contribution is 9.10. The van der Waals surface area contributed by atoms with E-state index in [1.807, 2.05) is 6.08 Å². The molecule has 0 unspecified atom stereocenters. The first kappa shape index (κ1) is 11.2. The molecule has 0 saturated heterocycles. The van der Waals surface area contributed by atoms with Crippen LogP contribution in [0.15, 0.2) is 34.5 Å². The predicted octanol–water partition coefficient (Wildman–Crippen LogP) is 2.91. The molecule has 0 spiro atoms. The van der Waals surface area contributed by atoms with E-state index in [9.17, 15) is 4.79 Å². The summed E-state index contributed by atoms with van der Waals surface area (Å²) < 4.78 is 6.18. The smallest absolute Gasteiger partial charge is 0.229 e. The van der Waals surface area contributed by atoms with Crippen LogP contribution < -0.4 is 5.73 Å². The van der Waals surface area contributed by atoms with Crippen molar-refractivity contribution in [3.05, 3.63) is 40.1 Å². The number of allylic oxidation sites excluding steroid dienone is 2. The topological polar surface area (TPSA) is 52.3 Å². The zero-order valence-electron chi connectivity index (χ0n) is 8.70. The molecule has 0 bridgehead atoms. The van der Waals surface area contributed by atoms with E-state index in [2.05, 4.69) is 15.9 Å². The summed E-state index contributed by atoms with van der Waals surface area (Å²) >= 11 is 3.30. The van der Waals surface area contributed by atoms with Crippen molar-refractivity contribution >= 4 is 27.4 Å². The Labute approximate surface area is 102 Å². The second-order valence-electron chi connectivity index (χ2n) is 3.62. The SMILES string of the molecule is Nc1cc(Br)ccc1C(=O)C1=CCCCO1. The van der Waals surface area contributed by atoms with E-state index in [1.165, 1.54) is 0 Å². The first-order valence-corrected chi connectivity index (χ1v) is 5.90. The molecule has 2 N–H and O–H groups in total. The van der Waals surface area contributed by atoms with Crippen LogP contribution in [0.3, 0.4) is 0 Å². The van der Waals surface area contributed by atoms with E-state index in [-0.39, 0.29) is 5.78 Å². The van der Waals surface area contributed by atoms with Crippen molar-refractivity contribution in [2.24, 2.45) is 0 Å². The number of nitrogens with two attached hydrogens (primary N) is 1. The lowest BCUT2D eigenvalue weighted by molar-refractivity contribution is 0.0900. The van der Waals surface area contributed by atoms with Gasteiger partial charge in [-0.15, -0.1) is 0 Å². The molecule has 0 amide bonds. The molecule has 0 fully saturated rings. The molecule has 1 aliphatic heterocycles. The molecule has 0 radical (unpaired) electrons. The van der Waals surface area contributed by atoms with Crippen molar-refractivity contribution in [3.8, 4) is 0 Å². The lowest BCUT2D eigenvalue weighted by atomic mass is 10.1. The second kappa shape index (κ2) is 4.70. The lowest BCUT2D eigenvalue weighted by Gasteiger charge is -2.14. The minimum atomic E-state index is -0.135. The Morgan fingerprint density at radius 3 is 2.88 bits per heavy atom. The molecular weight excluding hydrogens is 270 g/mol. The summed E-state index contributed by atoms with van der Waals surface area (Å²) in [4.78, 5) is 12.0. The molecule has 0 atom stereocenters. The van der Waals surface area contributed by atoms with Crippen LogP contribution >= 0.6 is 15.9 Å². The molecule has 0 aromatic heterocycles. The number of carbonyl (C=O) groups excluding carboxylic acids is 1. The highest BCUT2D eigenvalue weighted by atomic mass is 79.9. The molecule has 2 rings (SSSR count). The molecule has 84 valence electrons. The number of ketones is 1. The quantitative estimate of drug-likeness (QED) is 0.670. The Hall–Kier alpha value is -1.29. The Morgan fingerprint density at radius 2 is 2.25 bits per heavy atom. The van der Waals surface area contributed by atoms with Crippen LogP contribution in [-0.4, -0.2) is 12.4 Å². The zero-order valence-corrected chi connectivity index (χ0v) is 10.3. The third-order valence-electron chi connectivity index (χ3n) is 2.42. The number of nitrogen functional groups attached to an aromatic ring is 1. The third kappa shape index (κ3) is 2.27. The van der Waals surface area contributed by atoms with Gasteiger partial charge in [-0.1, -0.05) is 15.9 Å². The average Bonchev–Trinajstić information content (AvgIpc) is 2.29. The number of anilines is 1. The van der Waals surface area contributed by atoms with Gasteiger partial charge in [-0.05, 0) is 37.1 Å². The normalized spacial score (nSPS) is 15.2. The van der Waals surface area contributed by atoms with Crippen LogP contribution in [-0.2, 0) is 4.74 Å². The molecule has 0 saturated carbocycles. The van der Waals surface area contributed by atoms with Gasteiger partial charge in [0.05, 0.1) is 6.61 Å². The number of hydrogen-bond donors (Lipinski definition) is 1. The number of carbonyl (C=O) groups is 1. The molecule has 1 aromatic rings. The summed E-state index contributed by atoms with van der Waals surface area (Å²) in [6.45, 7) is 0.605. The van der Waals surface area contributed by atoms with E-state index in [4.69, 9.17) is 10.5 Å². The van der Waals surface area contributed by atoms with Gasteiger partial charge in [-0.3, -0.25) is 4.79 Å². The molecule has 1 aliphatic rings. The van der Waals surface area contributed by atoms with Crippen molar-refractivity contribution < 1.29 is 9.53 Å². The first-order chi connectivity index (χ1) is 7.68. The van der Waals surface area contributed by atoms with Crippen LogP contribution in [0.5, 0.6) is 0 Å². The standard InChI is InChI=1S/C12H12BrNO2/c13-8-4-5-9(10(14)7-8)12(15)11-3-1-2-6-16-11/h3-5,7H,1-2,6,14H2. The van der Waals surface area contributed by atoms with Crippen molar-refractivity contribution in [1.29, 1.82) is 0 Å². The fourth-order valence-corrected chi connectivity index (χ4v) is 1.97. The van der Waals surface area contributed by atoms with Crippen LogP contribution in [0, 0.1) is 0 Å². The Kier molecular flexibility index (Phi) is 3.29. The van der Waals surface area contributed by atoms with Gasteiger partial charge < -0.3 is 10.5 Å². The summed E-state index contributed by atoms with van der Waals surface area (Å²) in [7, 11) is 0. The summed E-state index contributed by atoms with van der Waals surface area (Å²) in [6.07, 6.45) is 3.68. The Balaban J connectivity index is 2.30. The highest BCUT2D eigenvalue weighted by Gasteiger charge is 2.18. The summed E-state index contributed by atoms with van der Waals surface area (Å²) in [6, 6.07) is 5.23. The summed E-state index contributed by atoms with van der Waals surface area (Å²) in [5.74, 6) is 0.282. The maximum absolute atomic E-state index is 12.0. The highest BCUT2D eigenvalue weighted by Crippen LogP contribution is 2.23. The van der Waals surface area contributed by atoms with Crippen molar-refractivity contribution in [2.75, 3.05) is 12.3 Å². The van der Waals surface area contributed by atoms with Gasteiger partial charge in [0.25, 0.3) is 0 Å². The summed E-state index contributed by atoms with van der Waals surface area (Å²) in [5, 5.41) is 0. The van der Waals surface area contributed by atoms with Crippen molar-refractivity contribution in [1.82, 2.24) is 0 Å². The zero-order chi connectivity index (χ0) is 11.5. The fourth-order valence-electron chi connectivity index (χ4n) is 1.59. The molecule has 1 heterocycles. The third-order valence-corrected chi connectivity index (χ3v) is 2.91. The van der Waals surface area contributed by atoms with Gasteiger partial charge in [-0.2, -0.15) is 0 Å². The number of rotatable bonds is 2. The molecule has 16 heavy (non-hydrogen) atoms. The second-order valence-corrected chi connectivity index (χ2v) is 4.54. The van der Waals surface area contributed by atoms with Crippen molar-refractivity contribution in [3.63, 3.8) is 0 Å². The van der Waals surface area contributed by atoms with E-state index in [0.29, 0.717) is 23.6 Å². The van der Waals surface area contributed by atoms with E-state index in [1.54, 1.807) is 18.2 Å². The van der Waals surface area contributed by atoms with Crippen LogP contribution in [0.1, 0.15) is 23.2 Å². The number of ether oxygens (including phenoxy) is 1. The molecular formula is C12H12BrNO2. The average molecular weight is 282 g/mol. The van der Waals surface area contributed by atoms with Crippen LogP contribution in [0.4, 0.5) is 5.69 Å². The van der Waals surface area contributed by atoms with E-state index in [0.717, 1.165) is 17.3 Å². The van der Waals surface area contributed by atoms with Gasteiger partial charge in [-0.25, -0.2) is 0 Å². The van der Waals surface area contributed by atoms with E-state index >= 15 is 0 Å². The van der Waals surface area contributed by atoms with Gasteiger partial charge in [0.15, 0.2) is 5.76 Å². The maximum Gasteiger partial charge on any atom is 0.229 e. The summed E-state index contributed by atoms with van der Waals surface area (Å²) in [5.41, 5.74) is 6.76. The number of halogens is 1. The molecule has 4 heteroatoms. The van der Waals surface area contributed by atoms with Crippen molar-refractivity contribution in [2.45, 2.75) is 12.8 Å². The predicted molar refractivity (Wildman–Crippen MR) is 66.2 cm³/mol. The number of benzene rings is 1. The van der Waals surface area contributed by atoms with Crippen LogP contribution in [0.2, 0.25) is 0 Å². The Morgan fingerprint density at radius 1 is 1.44 bits per heavy atom.